The van der Waals surface area contributed by atoms with Crippen molar-refractivity contribution in [2.45, 2.75) is 0 Å². The van der Waals surface area contributed by atoms with Crippen molar-refractivity contribution in [1.82, 2.24) is 0 Å². The van der Waals surface area contributed by atoms with Crippen LogP contribution >= 0.6 is 34.8 Å². The second-order valence-electron chi connectivity index (χ2n) is 0.886. The monoisotopic (exact) mass is 188 g/mol. The molecule has 0 aromatic rings. The van der Waals surface area contributed by atoms with E-state index in [1.165, 1.54) is 0 Å². The van der Waals surface area contributed by atoms with Gasteiger partial charge >= 0.3 is 0 Å². The van der Waals surface area contributed by atoms with E-state index in [0.717, 1.165) is 6.08 Å². The molecule has 0 atom stereocenters. The van der Waals surface area contributed by atoms with Crippen LogP contribution in [0.3, 0.4) is 0 Å². The summed E-state index contributed by atoms with van der Waals surface area (Å²) in [7, 11) is 0. The summed E-state index contributed by atoms with van der Waals surface area (Å²) < 4.78 is 0. The Morgan fingerprint density at radius 2 is 1.67 bits per heavy atom. The lowest BCUT2D eigenvalue weighted by atomic mass is 10.7. The second-order valence-corrected chi connectivity index (χ2v) is 2.01. The average molecular weight is 189 g/mol. The normalized spacial score (nSPS) is 7.00. The molecule has 0 aliphatic heterocycles. The number of halogens is 3. The van der Waals surface area contributed by atoms with Gasteiger partial charge in [-0.25, -0.2) is 0 Å². The van der Waals surface area contributed by atoms with Crippen molar-refractivity contribution < 1.29 is 4.79 Å². The van der Waals surface area contributed by atoms with Crippen LogP contribution in [0.2, 0.25) is 0 Å². The van der Waals surface area contributed by atoms with Crippen molar-refractivity contribution in [1.29, 1.82) is 0 Å². The van der Waals surface area contributed by atoms with Crippen LogP contribution < -0.4 is 0 Å². The maximum absolute atomic E-state index is 9.46. The molecule has 0 fully saturated rings. The number of hydrogen-bond donors (Lipinski definition) is 0. The van der Waals surface area contributed by atoms with E-state index >= 15 is 0 Å². The molecule has 0 radical (unpaired) electrons. The van der Waals surface area contributed by atoms with E-state index in [1.807, 2.05) is 0 Å². The van der Waals surface area contributed by atoms with E-state index in [9.17, 15) is 4.79 Å². The molecule has 0 aliphatic rings. The Kier molecular flexibility index (Phi) is 14.8. The number of rotatable bonds is 2. The van der Waals surface area contributed by atoms with Crippen molar-refractivity contribution in [3.63, 3.8) is 0 Å². The summed E-state index contributed by atoms with van der Waals surface area (Å²) in [5.74, 6) is 1.11. The zero-order chi connectivity index (χ0) is 7.70. The van der Waals surface area contributed by atoms with Crippen LogP contribution in [-0.4, -0.2) is 17.0 Å². The topological polar surface area (TPSA) is 17.1 Å². The fraction of sp³-hybridized carbons (Fsp3) is 0.400. The lowest BCUT2D eigenvalue weighted by Gasteiger charge is -1.63. The number of allylic oxidation sites excluding steroid dienone is 1. The maximum Gasteiger partial charge on any atom is 0.244 e. The Morgan fingerprint density at radius 1 is 1.44 bits per heavy atom. The molecule has 9 heavy (non-hydrogen) atoms. The van der Waals surface area contributed by atoms with Gasteiger partial charge in [-0.15, -0.1) is 23.2 Å². The highest BCUT2D eigenvalue weighted by molar-refractivity contribution is 6.66. The molecule has 0 aromatic carbocycles. The smallest absolute Gasteiger partial charge is 0.244 e. The quantitative estimate of drug-likeness (QED) is 0.370. The zero-order valence-electron chi connectivity index (χ0n) is 4.74. The van der Waals surface area contributed by atoms with E-state index in [-0.39, 0.29) is 0 Å². The molecular weight excluding hydrogens is 182 g/mol. The lowest BCUT2D eigenvalue weighted by molar-refractivity contribution is -0.107. The van der Waals surface area contributed by atoms with Gasteiger partial charge in [0.2, 0.25) is 5.24 Å². The molecule has 0 rings (SSSR count). The van der Waals surface area contributed by atoms with E-state index in [4.69, 9.17) is 34.8 Å². The summed E-state index contributed by atoms with van der Waals surface area (Å²) in [5.41, 5.74) is 0. The van der Waals surface area contributed by atoms with Crippen molar-refractivity contribution >= 4 is 40.0 Å². The summed E-state index contributed by atoms with van der Waals surface area (Å²) in [6.45, 7) is 3.08. The third kappa shape index (κ3) is 30.4. The van der Waals surface area contributed by atoms with Crippen molar-refractivity contribution in [2.24, 2.45) is 0 Å². The Hall–Kier alpha value is 0.280. The largest absolute Gasteiger partial charge is 0.276 e. The molecule has 0 spiro atoms. The first-order chi connectivity index (χ1) is 4.18. The standard InChI is InChI=1S/C3H3ClO.C2H4Cl2/c1-2-3(4)5;3-1-2-4/h2H,1H2;1-2H2. The van der Waals surface area contributed by atoms with E-state index in [0.29, 0.717) is 11.8 Å². The molecule has 54 valence electrons. The second kappa shape index (κ2) is 11.1. The number of carbonyl (C=O) groups excluding carboxylic acids is 1. The molecule has 0 saturated carbocycles. The third-order valence-corrected chi connectivity index (χ3v) is 0.958. The molecule has 0 aromatic heterocycles. The van der Waals surface area contributed by atoms with Gasteiger partial charge in [0.25, 0.3) is 0 Å². The van der Waals surface area contributed by atoms with Crippen molar-refractivity contribution in [3.05, 3.63) is 12.7 Å². The summed E-state index contributed by atoms with van der Waals surface area (Å²) in [4.78, 5) is 9.46. The van der Waals surface area contributed by atoms with E-state index in [2.05, 4.69) is 6.58 Å². The predicted octanol–water partition coefficient (Wildman–Crippen LogP) is 2.40. The van der Waals surface area contributed by atoms with Crippen LogP contribution in [0.5, 0.6) is 0 Å². The predicted molar refractivity (Wildman–Crippen MR) is 42.5 cm³/mol. The fourth-order valence-electron chi connectivity index (χ4n) is 0. The first kappa shape index (κ1) is 12.0. The summed E-state index contributed by atoms with van der Waals surface area (Å²) in [6.07, 6.45) is 1.04. The molecular formula is C5H7Cl3O. The number of hydrogen-bond acceptors (Lipinski definition) is 1. The lowest BCUT2D eigenvalue weighted by Crippen LogP contribution is -1.67. The van der Waals surface area contributed by atoms with Gasteiger partial charge in [0.05, 0.1) is 0 Å². The molecule has 0 unspecified atom stereocenters. The maximum atomic E-state index is 9.46. The first-order valence-corrected chi connectivity index (χ1v) is 3.57. The molecule has 0 aliphatic carbocycles. The van der Waals surface area contributed by atoms with Crippen LogP contribution in [-0.2, 0) is 4.79 Å². The van der Waals surface area contributed by atoms with Gasteiger partial charge < -0.3 is 0 Å². The highest BCUT2D eigenvalue weighted by Gasteiger charge is 1.74. The number of carbonyl (C=O) groups is 1. The van der Waals surface area contributed by atoms with E-state index in [1.54, 1.807) is 0 Å². The third-order valence-electron chi connectivity index (χ3n) is 0.232. The van der Waals surface area contributed by atoms with Crippen LogP contribution in [0, 0.1) is 0 Å². The Bertz CT molecular complexity index is 80.3. The van der Waals surface area contributed by atoms with E-state index < -0.39 is 5.24 Å². The fourth-order valence-corrected chi connectivity index (χ4v) is 0. The minimum absolute atomic E-state index is 0.509. The Balaban J connectivity index is 0. The molecule has 0 heterocycles. The summed E-state index contributed by atoms with van der Waals surface area (Å²) >= 11 is 14.8. The SMILES string of the molecule is C=CC(=O)Cl.ClCCCl. The van der Waals surface area contributed by atoms with Gasteiger partial charge in [0, 0.05) is 11.8 Å². The average Bonchev–Trinajstić information content (AvgIpc) is 1.89. The first-order valence-electron chi connectivity index (χ1n) is 2.12. The Morgan fingerprint density at radius 3 is 1.67 bits per heavy atom. The van der Waals surface area contributed by atoms with Gasteiger partial charge in [-0.1, -0.05) is 6.58 Å². The Labute approximate surface area is 69.6 Å². The van der Waals surface area contributed by atoms with Crippen LogP contribution in [0.1, 0.15) is 0 Å². The molecule has 4 heteroatoms. The highest BCUT2D eigenvalue weighted by Crippen LogP contribution is 1.75. The van der Waals surface area contributed by atoms with Gasteiger partial charge in [-0.05, 0) is 17.7 Å². The molecule has 0 amide bonds. The molecule has 0 saturated heterocycles. The van der Waals surface area contributed by atoms with Crippen LogP contribution in [0.25, 0.3) is 0 Å². The van der Waals surface area contributed by atoms with Crippen LogP contribution in [0.4, 0.5) is 0 Å². The minimum atomic E-state index is -0.509. The minimum Gasteiger partial charge on any atom is -0.276 e. The van der Waals surface area contributed by atoms with Gasteiger partial charge in [0.15, 0.2) is 0 Å². The number of alkyl halides is 2. The van der Waals surface area contributed by atoms with Crippen molar-refractivity contribution in [3.8, 4) is 0 Å². The van der Waals surface area contributed by atoms with Gasteiger partial charge in [0.1, 0.15) is 0 Å². The van der Waals surface area contributed by atoms with Gasteiger partial charge in [-0.3, -0.25) is 4.79 Å². The van der Waals surface area contributed by atoms with Crippen LogP contribution in [0.15, 0.2) is 12.7 Å². The zero-order valence-corrected chi connectivity index (χ0v) is 7.01. The van der Waals surface area contributed by atoms with Crippen molar-refractivity contribution in [2.75, 3.05) is 11.8 Å². The summed E-state index contributed by atoms with van der Waals surface area (Å²) in [5, 5.41) is -0.509. The molecule has 1 nitrogen and oxygen atoms in total. The molecule has 0 N–H and O–H groups in total. The molecule has 0 bridgehead atoms. The van der Waals surface area contributed by atoms with Gasteiger partial charge in [-0.2, -0.15) is 0 Å². The highest BCUT2D eigenvalue weighted by atomic mass is 35.5. The summed E-state index contributed by atoms with van der Waals surface area (Å²) in [6, 6.07) is 0.